The van der Waals surface area contributed by atoms with E-state index >= 15 is 0 Å². The summed E-state index contributed by atoms with van der Waals surface area (Å²) in [6.45, 7) is 0.392. The minimum atomic E-state index is -3.02. The zero-order chi connectivity index (χ0) is 30.6. The number of aliphatic hydroxyl groups is 1. The zero-order valence-corrected chi connectivity index (χ0v) is 24.1. The van der Waals surface area contributed by atoms with Crippen molar-refractivity contribution in [2.24, 2.45) is 7.05 Å². The summed E-state index contributed by atoms with van der Waals surface area (Å²) in [5.74, 6) is 1.71. The molecule has 1 aliphatic heterocycles. The van der Waals surface area contributed by atoms with Crippen LogP contribution in [0.25, 0.3) is 33.4 Å². The molecule has 5 heterocycles. The number of alkyl halides is 2. The summed E-state index contributed by atoms with van der Waals surface area (Å²) in [6, 6.07) is 14.5. The van der Waals surface area contributed by atoms with Gasteiger partial charge in [-0.15, -0.1) is 0 Å². The highest BCUT2D eigenvalue weighted by Crippen LogP contribution is 2.39. The Balaban J connectivity index is 1.39. The van der Waals surface area contributed by atoms with E-state index in [9.17, 15) is 13.9 Å². The van der Waals surface area contributed by atoms with Crippen molar-refractivity contribution in [3.63, 3.8) is 0 Å². The predicted octanol–water partition coefficient (Wildman–Crippen LogP) is 5.86. The number of rotatable bonds is 5. The molecular weight excluding hydrogens is 568 g/mol. The van der Waals surface area contributed by atoms with E-state index in [1.807, 2.05) is 48.1 Å². The van der Waals surface area contributed by atoms with Crippen molar-refractivity contribution in [2.45, 2.75) is 39.0 Å². The molecule has 0 spiro atoms. The Morgan fingerprint density at radius 3 is 2.52 bits per heavy atom. The smallest absolute Gasteiger partial charge is 0.387 e. The molecule has 0 saturated heterocycles. The van der Waals surface area contributed by atoms with Crippen molar-refractivity contribution in [3.05, 3.63) is 96.1 Å². The maximum atomic E-state index is 13.5. The van der Waals surface area contributed by atoms with Gasteiger partial charge < -0.3 is 19.1 Å². The topological polar surface area (TPSA) is 113 Å². The van der Waals surface area contributed by atoms with Gasteiger partial charge in [0.15, 0.2) is 5.82 Å². The van der Waals surface area contributed by atoms with Crippen LogP contribution in [0.5, 0.6) is 17.4 Å². The summed E-state index contributed by atoms with van der Waals surface area (Å²) >= 11 is 0. The monoisotopic (exact) mass is 595 g/mol. The number of hydrogen-bond donors (Lipinski definition) is 1. The molecule has 10 nitrogen and oxygen atoms in total. The van der Waals surface area contributed by atoms with Crippen LogP contribution in [-0.2, 0) is 25.6 Å². The number of imidazole rings is 1. The highest BCUT2D eigenvalue weighted by atomic mass is 19.3. The Morgan fingerprint density at radius 1 is 0.977 bits per heavy atom. The number of benzene rings is 2. The second-order valence-corrected chi connectivity index (χ2v) is 11.1. The van der Waals surface area contributed by atoms with Gasteiger partial charge in [0.05, 0.1) is 35.0 Å². The molecule has 1 N–H and O–H groups in total. The number of halogens is 2. The van der Waals surface area contributed by atoms with E-state index in [-0.39, 0.29) is 12.3 Å². The third-order valence-corrected chi connectivity index (χ3v) is 7.48. The molecule has 0 bridgehead atoms. The zero-order valence-electron chi connectivity index (χ0n) is 24.1. The summed E-state index contributed by atoms with van der Waals surface area (Å²) in [5.41, 5.74) is 4.61. The summed E-state index contributed by atoms with van der Waals surface area (Å²) in [5, 5.41) is 14.5. The molecule has 222 valence electrons. The lowest BCUT2D eigenvalue weighted by atomic mass is 10.1. The van der Waals surface area contributed by atoms with E-state index in [2.05, 4.69) is 15.1 Å². The molecule has 0 amide bonds. The van der Waals surface area contributed by atoms with Crippen molar-refractivity contribution in [2.75, 3.05) is 0 Å². The average Bonchev–Trinajstić information content (AvgIpc) is 3.58. The summed E-state index contributed by atoms with van der Waals surface area (Å²) in [6.07, 6.45) is 7.27. The fourth-order valence-electron chi connectivity index (χ4n) is 5.30. The molecule has 0 atom stereocenters. The molecule has 0 unspecified atom stereocenters. The molecule has 7 rings (SSSR count). The third-order valence-electron chi connectivity index (χ3n) is 7.48. The van der Waals surface area contributed by atoms with Crippen LogP contribution >= 0.6 is 0 Å². The maximum Gasteiger partial charge on any atom is 0.387 e. The minimum Gasteiger partial charge on any atom is -0.438 e. The van der Waals surface area contributed by atoms with Gasteiger partial charge >= 0.3 is 6.61 Å². The molecule has 1 aliphatic rings. The summed E-state index contributed by atoms with van der Waals surface area (Å²) in [7, 11) is 1.83. The maximum absolute atomic E-state index is 13.5. The van der Waals surface area contributed by atoms with Crippen LogP contribution in [0.3, 0.4) is 0 Å². The Hall–Kier alpha value is -5.23. The molecule has 12 heteroatoms. The van der Waals surface area contributed by atoms with Gasteiger partial charge in [0.2, 0.25) is 5.88 Å². The Kier molecular flexibility index (Phi) is 6.58. The van der Waals surface area contributed by atoms with Gasteiger partial charge in [0.25, 0.3) is 0 Å². The first kappa shape index (κ1) is 27.6. The van der Waals surface area contributed by atoms with Crippen LogP contribution in [0.1, 0.15) is 36.6 Å². The van der Waals surface area contributed by atoms with E-state index in [0.717, 1.165) is 33.3 Å². The van der Waals surface area contributed by atoms with E-state index in [1.165, 1.54) is 6.07 Å². The fourth-order valence-corrected chi connectivity index (χ4v) is 5.30. The number of aromatic nitrogens is 7. The van der Waals surface area contributed by atoms with Gasteiger partial charge in [-0.2, -0.15) is 13.9 Å². The van der Waals surface area contributed by atoms with E-state index in [4.69, 9.17) is 19.4 Å². The highest BCUT2D eigenvalue weighted by Gasteiger charge is 2.25. The molecule has 4 aromatic heterocycles. The Bertz CT molecular complexity index is 2010. The second kappa shape index (κ2) is 10.5. The molecule has 6 aromatic rings. The largest absolute Gasteiger partial charge is 0.438 e. The number of fused-ring (bicyclic) bond motifs is 5. The van der Waals surface area contributed by atoms with Crippen molar-refractivity contribution in [1.82, 2.24) is 34.3 Å². The second-order valence-electron chi connectivity index (χ2n) is 11.1. The molecule has 0 radical (unpaired) electrons. The van der Waals surface area contributed by atoms with E-state index < -0.39 is 12.2 Å². The number of hydrogen-bond acceptors (Lipinski definition) is 8. The average molecular weight is 596 g/mol. The van der Waals surface area contributed by atoms with Gasteiger partial charge in [-0.3, -0.25) is 4.68 Å². The van der Waals surface area contributed by atoms with Crippen LogP contribution in [0, 0.1) is 0 Å². The SMILES string of the molecule is Cn1cc(-c2ccc3c(n2)Oc2cccc(OC(F)F)c2Cn2c(nc4ccc(-c5cnc(C(C)(C)O)nc5)cc42)C3)cn1. The van der Waals surface area contributed by atoms with Gasteiger partial charge in [0.1, 0.15) is 22.9 Å². The number of aryl methyl sites for hydroxylation is 1. The first-order valence-electron chi connectivity index (χ1n) is 13.9. The summed E-state index contributed by atoms with van der Waals surface area (Å²) in [4.78, 5) is 18.4. The van der Waals surface area contributed by atoms with Crippen molar-refractivity contribution >= 4 is 11.0 Å². The van der Waals surface area contributed by atoms with Crippen molar-refractivity contribution in [3.8, 4) is 39.8 Å². The van der Waals surface area contributed by atoms with Crippen molar-refractivity contribution in [1.29, 1.82) is 0 Å². The lowest BCUT2D eigenvalue weighted by Gasteiger charge is -2.17. The normalized spacial score (nSPS) is 13.0. The van der Waals surface area contributed by atoms with Crippen LogP contribution < -0.4 is 9.47 Å². The van der Waals surface area contributed by atoms with Crippen LogP contribution in [0.15, 0.2) is 73.3 Å². The predicted molar refractivity (Wildman–Crippen MR) is 157 cm³/mol. The molecule has 0 saturated carbocycles. The fraction of sp³-hybridized carbons (Fsp3) is 0.219. The minimum absolute atomic E-state index is 0.00363. The number of ether oxygens (including phenoxy) is 2. The standard InChI is InChI=1S/C32H27F2N7O3/c1-32(2,42)30-35-13-20(14-36-30)18-7-10-24-25(11-18)41-17-22-26(5-4-6-27(22)44-31(33)34)43-29-19(12-28(41)38-24)8-9-23(39-29)21-15-37-40(3)16-21/h4-11,13-16,31,42H,12,17H2,1-3H3. The first-order valence-corrected chi connectivity index (χ1v) is 13.9. The van der Waals surface area contributed by atoms with E-state index in [1.54, 1.807) is 49.3 Å². The Labute approximate surface area is 250 Å². The van der Waals surface area contributed by atoms with Gasteiger partial charge in [-0.1, -0.05) is 18.2 Å². The first-order chi connectivity index (χ1) is 21.1. The third kappa shape index (κ3) is 5.13. The van der Waals surface area contributed by atoms with Crippen molar-refractivity contribution < 1.29 is 23.4 Å². The quantitative estimate of drug-likeness (QED) is 0.263. The molecule has 44 heavy (non-hydrogen) atoms. The van der Waals surface area contributed by atoms with Crippen LogP contribution in [0.4, 0.5) is 8.78 Å². The van der Waals surface area contributed by atoms with Crippen LogP contribution in [-0.4, -0.2) is 46.0 Å². The molecule has 0 fully saturated rings. The van der Waals surface area contributed by atoms with Gasteiger partial charge in [-0.25, -0.2) is 19.9 Å². The lowest BCUT2D eigenvalue weighted by Crippen LogP contribution is -2.19. The molecular formula is C32H27F2N7O3. The number of pyridine rings is 1. The highest BCUT2D eigenvalue weighted by molar-refractivity contribution is 5.83. The number of nitrogens with zero attached hydrogens (tertiary/aromatic N) is 7. The Morgan fingerprint density at radius 2 is 1.80 bits per heavy atom. The molecule has 0 aliphatic carbocycles. The molecule has 2 aromatic carbocycles. The lowest BCUT2D eigenvalue weighted by molar-refractivity contribution is -0.0505. The van der Waals surface area contributed by atoms with Crippen LogP contribution in [0.2, 0.25) is 0 Å². The van der Waals surface area contributed by atoms with Gasteiger partial charge in [-0.05, 0) is 49.7 Å². The van der Waals surface area contributed by atoms with E-state index in [0.29, 0.717) is 41.0 Å². The van der Waals surface area contributed by atoms with Gasteiger partial charge in [0, 0.05) is 48.7 Å². The summed E-state index contributed by atoms with van der Waals surface area (Å²) < 4.78 is 42.1.